The van der Waals surface area contributed by atoms with Gasteiger partial charge < -0.3 is 20.9 Å². The second-order valence-electron chi connectivity index (χ2n) is 7.37. The van der Waals surface area contributed by atoms with Gasteiger partial charge in [-0.3, -0.25) is 9.59 Å². The van der Waals surface area contributed by atoms with Crippen LogP contribution in [0.2, 0.25) is 5.02 Å². The van der Waals surface area contributed by atoms with E-state index in [0.717, 1.165) is 11.1 Å². The summed E-state index contributed by atoms with van der Waals surface area (Å²) in [5, 5.41) is 8.81. The number of urea groups is 1. The maximum atomic E-state index is 12.8. The van der Waals surface area contributed by atoms with Gasteiger partial charge in [-0.05, 0) is 41.8 Å². The molecule has 0 saturated carbocycles. The Morgan fingerprint density at radius 2 is 2.07 bits per heavy atom. The van der Waals surface area contributed by atoms with Gasteiger partial charge in [0.25, 0.3) is 5.91 Å². The van der Waals surface area contributed by atoms with Crippen LogP contribution in [0.15, 0.2) is 54.7 Å². The fraction of sp³-hybridized carbons (Fsp3) is 0.227. The highest BCUT2D eigenvalue weighted by molar-refractivity contribution is 6.30. The minimum absolute atomic E-state index is 0.0643. The average molecular weight is 425 g/mol. The van der Waals surface area contributed by atoms with Gasteiger partial charge in [-0.1, -0.05) is 36.4 Å². The summed E-state index contributed by atoms with van der Waals surface area (Å²) in [6, 6.07) is 11.9. The Balaban J connectivity index is 1.38. The summed E-state index contributed by atoms with van der Waals surface area (Å²) in [6.07, 6.45) is 0.948. The smallest absolute Gasteiger partial charge is 0.319 e. The zero-order valence-electron chi connectivity index (χ0n) is 16.2. The van der Waals surface area contributed by atoms with E-state index < -0.39 is 0 Å². The van der Waals surface area contributed by atoms with Crippen LogP contribution in [0.4, 0.5) is 10.5 Å². The molecule has 30 heavy (non-hydrogen) atoms. The molecule has 154 valence electrons. The van der Waals surface area contributed by atoms with Crippen LogP contribution in [0.1, 0.15) is 34.3 Å². The maximum Gasteiger partial charge on any atom is 0.319 e. The summed E-state index contributed by atoms with van der Waals surface area (Å²) >= 11 is 5.92. The highest BCUT2D eigenvalue weighted by Gasteiger charge is 2.36. The molecule has 2 aliphatic heterocycles. The average Bonchev–Trinajstić information content (AvgIpc) is 3.02. The van der Waals surface area contributed by atoms with Crippen molar-refractivity contribution in [2.75, 3.05) is 5.32 Å². The highest BCUT2D eigenvalue weighted by Crippen LogP contribution is 2.30. The van der Waals surface area contributed by atoms with E-state index >= 15 is 0 Å². The van der Waals surface area contributed by atoms with Crippen LogP contribution in [-0.2, 0) is 17.9 Å². The van der Waals surface area contributed by atoms with E-state index in [4.69, 9.17) is 11.6 Å². The van der Waals surface area contributed by atoms with Crippen molar-refractivity contribution in [2.24, 2.45) is 0 Å². The zero-order chi connectivity index (χ0) is 21.3. The highest BCUT2D eigenvalue weighted by atomic mass is 35.5. The van der Waals surface area contributed by atoms with Crippen LogP contribution >= 0.6 is 11.6 Å². The first-order chi connectivity index (χ1) is 14.4. The molecule has 1 atom stereocenters. The molecule has 4 amide bonds. The molecule has 0 aliphatic carbocycles. The Bertz CT molecular complexity index is 1050. The second kappa shape index (κ2) is 8.20. The number of nitrogens with zero attached hydrogens (tertiary/aromatic N) is 1. The summed E-state index contributed by atoms with van der Waals surface area (Å²) in [5.74, 6) is -0.129. The van der Waals surface area contributed by atoms with Crippen molar-refractivity contribution in [3.8, 4) is 0 Å². The lowest BCUT2D eigenvalue weighted by molar-refractivity contribution is -0.121. The standard InChI is InChI=1S/C22H21ClN4O3/c1-13-19(7-8-20(28)25-13)27-12-15-9-14(5-6-18(15)21(27)29)11-24-22(30)26-17-4-2-3-16(23)10-17/h2-6,9-10,19H,1,7-8,11-12H2,(H,25,28)(H2,24,26,30). The molecule has 1 fully saturated rings. The van der Waals surface area contributed by atoms with E-state index in [1.807, 2.05) is 12.1 Å². The van der Waals surface area contributed by atoms with E-state index in [9.17, 15) is 14.4 Å². The van der Waals surface area contributed by atoms with Crippen molar-refractivity contribution in [3.63, 3.8) is 0 Å². The van der Waals surface area contributed by atoms with E-state index in [1.165, 1.54) is 0 Å². The molecule has 1 unspecified atom stereocenters. The summed E-state index contributed by atoms with van der Waals surface area (Å²) < 4.78 is 0. The molecular formula is C22H21ClN4O3. The van der Waals surface area contributed by atoms with Gasteiger partial charge in [-0.25, -0.2) is 4.79 Å². The van der Waals surface area contributed by atoms with Crippen LogP contribution in [0.3, 0.4) is 0 Å². The quantitative estimate of drug-likeness (QED) is 0.702. The van der Waals surface area contributed by atoms with Crippen LogP contribution in [0, 0.1) is 0 Å². The number of anilines is 1. The summed E-state index contributed by atoms with van der Waals surface area (Å²) in [5.41, 5.74) is 3.61. The van der Waals surface area contributed by atoms with Gasteiger partial charge in [-0.2, -0.15) is 0 Å². The lowest BCUT2D eigenvalue weighted by atomic mass is 10.0. The normalized spacial score (nSPS) is 18.1. The molecule has 2 aliphatic rings. The number of halogens is 1. The minimum Gasteiger partial charge on any atom is -0.334 e. The van der Waals surface area contributed by atoms with E-state index in [2.05, 4.69) is 22.5 Å². The first-order valence-corrected chi connectivity index (χ1v) is 10.0. The van der Waals surface area contributed by atoms with Crippen LogP contribution in [0.5, 0.6) is 0 Å². The molecular weight excluding hydrogens is 404 g/mol. The number of piperidine rings is 1. The van der Waals surface area contributed by atoms with Gasteiger partial charge in [0.15, 0.2) is 0 Å². The Morgan fingerprint density at radius 1 is 1.23 bits per heavy atom. The van der Waals surface area contributed by atoms with Gasteiger partial charge in [0.1, 0.15) is 0 Å². The van der Waals surface area contributed by atoms with E-state index in [1.54, 1.807) is 35.2 Å². The maximum absolute atomic E-state index is 12.8. The molecule has 0 aromatic heterocycles. The Labute approximate surface area is 179 Å². The van der Waals surface area contributed by atoms with Crippen molar-refractivity contribution >= 4 is 35.1 Å². The summed E-state index contributed by atoms with van der Waals surface area (Å²) in [6.45, 7) is 4.68. The van der Waals surface area contributed by atoms with Gasteiger partial charge >= 0.3 is 6.03 Å². The number of hydrogen-bond acceptors (Lipinski definition) is 3. The van der Waals surface area contributed by atoms with Crippen molar-refractivity contribution in [1.29, 1.82) is 0 Å². The molecule has 0 bridgehead atoms. The Hall–Kier alpha value is -3.32. The molecule has 2 heterocycles. The topological polar surface area (TPSA) is 90.5 Å². The molecule has 4 rings (SSSR count). The van der Waals surface area contributed by atoms with E-state index in [0.29, 0.717) is 47.9 Å². The number of carbonyl (C=O) groups excluding carboxylic acids is 3. The predicted molar refractivity (Wildman–Crippen MR) is 114 cm³/mol. The number of amides is 4. The Morgan fingerprint density at radius 3 is 2.83 bits per heavy atom. The Kier molecular flexibility index (Phi) is 5.46. The monoisotopic (exact) mass is 424 g/mol. The number of carbonyl (C=O) groups is 3. The third kappa shape index (κ3) is 4.16. The number of rotatable bonds is 4. The van der Waals surface area contributed by atoms with Gasteiger partial charge in [0.05, 0.1) is 6.04 Å². The molecule has 7 nitrogen and oxygen atoms in total. The zero-order valence-corrected chi connectivity index (χ0v) is 17.0. The molecule has 1 saturated heterocycles. The molecule has 2 aromatic rings. The minimum atomic E-state index is -0.343. The summed E-state index contributed by atoms with van der Waals surface area (Å²) in [7, 11) is 0. The number of nitrogens with one attached hydrogen (secondary N) is 3. The number of benzene rings is 2. The molecule has 2 aromatic carbocycles. The van der Waals surface area contributed by atoms with Gasteiger partial charge in [0, 0.05) is 41.5 Å². The van der Waals surface area contributed by atoms with Crippen molar-refractivity contribution in [3.05, 3.63) is 76.5 Å². The van der Waals surface area contributed by atoms with Crippen LogP contribution in [-0.4, -0.2) is 28.8 Å². The van der Waals surface area contributed by atoms with Crippen LogP contribution in [0.25, 0.3) is 0 Å². The first-order valence-electron chi connectivity index (χ1n) is 9.62. The van der Waals surface area contributed by atoms with Crippen LogP contribution < -0.4 is 16.0 Å². The molecule has 0 radical (unpaired) electrons. The summed E-state index contributed by atoms with van der Waals surface area (Å²) in [4.78, 5) is 38.2. The number of fused-ring (bicyclic) bond motifs is 1. The van der Waals surface area contributed by atoms with Crippen molar-refractivity contribution < 1.29 is 14.4 Å². The number of hydrogen-bond donors (Lipinski definition) is 3. The molecule has 8 heteroatoms. The third-order valence-corrected chi connectivity index (χ3v) is 5.50. The largest absolute Gasteiger partial charge is 0.334 e. The predicted octanol–water partition coefficient (Wildman–Crippen LogP) is 3.41. The fourth-order valence-electron chi connectivity index (χ4n) is 3.79. The molecule has 3 N–H and O–H groups in total. The van der Waals surface area contributed by atoms with Gasteiger partial charge in [-0.15, -0.1) is 0 Å². The first kappa shape index (κ1) is 20.0. The second-order valence-corrected chi connectivity index (χ2v) is 7.81. The van der Waals surface area contributed by atoms with Crippen molar-refractivity contribution in [1.82, 2.24) is 15.5 Å². The van der Waals surface area contributed by atoms with Crippen molar-refractivity contribution in [2.45, 2.75) is 32.0 Å². The lowest BCUT2D eigenvalue weighted by Crippen LogP contribution is -2.45. The third-order valence-electron chi connectivity index (χ3n) is 5.26. The lowest BCUT2D eigenvalue weighted by Gasteiger charge is -2.32. The molecule has 0 spiro atoms. The van der Waals surface area contributed by atoms with Gasteiger partial charge in [0.2, 0.25) is 5.91 Å². The van der Waals surface area contributed by atoms with E-state index in [-0.39, 0.29) is 23.9 Å². The SMILES string of the molecule is C=C1NC(=O)CCC1N1Cc2cc(CNC(=O)Nc3cccc(Cl)c3)ccc2C1=O. The fourth-order valence-corrected chi connectivity index (χ4v) is 3.98.